The predicted octanol–water partition coefficient (Wildman–Crippen LogP) is 2.12. The minimum atomic E-state index is -0.413. The topological polar surface area (TPSA) is 75.4 Å². The predicted molar refractivity (Wildman–Crippen MR) is 97.6 cm³/mol. The minimum Gasteiger partial charge on any atom is -0.399 e. The number of rotatable bonds is 6. The number of anilines is 1. The Morgan fingerprint density at radius 2 is 1.84 bits per heavy atom. The van der Waals surface area contributed by atoms with Crippen molar-refractivity contribution >= 4 is 17.5 Å². The van der Waals surface area contributed by atoms with Gasteiger partial charge in [0.05, 0.1) is 0 Å². The van der Waals surface area contributed by atoms with Gasteiger partial charge in [0.15, 0.2) is 0 Å². The van der Waals surface area contributed by atoms with Crippen LogP contribution in [-0.2, 0) is 22.6 Å². The number of carbonyl (C=O) groups excluding carboxylic acids is 2. The van der Waals surface area contributed by atoms with Gasteiger partial charge >= 0.3 is 0 Å². The molecule has 1 saturated heterocycles. The Balaban J connectivity index is 1.49. The Bertz CT molecular complexity index is 746. The van der Waals surface area contributed by atoms with Crippen molar-refractivity contribution in [3.8, 4) is 0 Å². The van der Waals surface area contributed by atoms with Crippen molar-refractivity contribution in [2.24, 2.45) is 0 Å². The Labute approximate surface area is 147 Å². The molecule has 1 atom stereocenters. The Morgan fingerprint density at radius 3 is 2.60 bits per heavy atom. The molecule has 1 heterocycles. The van der Waals surface area contributed by atoms with E-state index in [0.717, 1.165) is 11.1 Å². The number of nitrogens with two attached hydrogens (primary N) is 1. The van der Waals surface area contributed by atoms with E-state index in [1.807, 2.05) is 54.6 Å². The molecule has 1 unspecified atom stereocenters. The van der Waals surface area contributed by atoms with Crippen LogP contribution in [0, 0.1) is 0 Å². The molecule has 1 aliphatic heterocycles. The first kappa shape index (κ1) is 17.0. The van der Waals surface area contributed by atoms with Gasteiger partial charge in [-0.15, -0.1) is 0 Å². The van der Waals surface area contributed by atoms with Gasteiger partial charge in [-0.25, -0.2) is 0 Å². The molecule has 0 aliphatic carbocycles. The fourth-order valence-corrected chi connectivity index (χ4v) is 3.11. The van der Waals surface area contributed by atoms with Crippen LogP contribution >= 0.6 is 0 Å². The quantitative estimate of drug-likeness (QED) is 0.793. The number of nitrogen functional groups attached to an aromatic ring is 1. The second-order valence-corrected chi connectivity index (χ2v) is 6.35. The first-order chi connectivity index (χ1) is 12.1. The maximum atomic E-state index is 12.5. The van der Waals surface area contributed by atoms with Gasteiger partial charge in [0.25, 0.3) is 0 Å². The lowest BCUT2D eigenvalue weighted by atomic mass is 10.1. The van der Waals surface area contributed by atoms with Crippen LogP contribution in [0.1, 0.15) is 24.0 Å². The molecule has 3 rings (SSSR count). The summed E-state index contributed by atoms with van der Waals surface area (Å²) in [6.45, 7) is 1.26. The molecule has 130 valence electrons. The van der Waals surface area contributed by atoms with E-state index in [0.29, 0.717) is 38.0 Å². The molecule has 1 aliphatic rings. The van der Waals surface area contributed by atoms with Crippen molar-refractivity contribution in [3.05, 3.63) is 65.7 Å². The van der Waals surface area contributed by atoms with Gasteiger partial charge in [0.2, 0.25) is 11.8 Å². The molecule has 0 bridgehead atoms. The number of nitrogens with zero attached hydrogens (tertiary/aromatic N) is 1. The third-order valence-electron chi connectivity index (χ3n) is 4.53. The Kier molecular flexibility index (Phi) is 5.33. The summed E-state index contributed by atoms with van der Waals surface area (Å²) in [5.74, 6) is -0.111. The third-order valence-corrected chi connectivity index (χ3v) is 4.53. The van der Waals surface area contributed by atoms with Crippen LogP contribution in [0.15, 0.2) is 54.6 Å². The van der Waals surface area contributed by atoms with Crippen molar-refractivity contribution < 1.29 is 9.59 Å². The molecule has 0 aromatic heterocycles. The van der Waals surface area contributed by atoms with Crippen molar-refractivity contribution in [2.75, 3.05) is 12.3 Å². The lowest BCUT2D eigenvalue weighted by molar-refractivity contribution is -0.133. The monoisotopic (exact) mass is 337 g/mol. The van der Waals surface area contributed by atoms with E-state index < -0.39 is 6.04 Å². The summed E-state index contributed by atoms with van der Waals surface area (Å²) >= 11 is 0. The molecule has 0 radical (unpaired) electrons. The van der Waals surface area contributed by atoms with Crippen molar-refractivity contribution in [2.45, 2.75) is 31.8 Å². The van der Waals surface area contributed by atoms with Gasteiger partial charge in [-0.05, 0) is 30.0 Å². The number of carbonyl (C=O) groups is 2. The standard InChI is InChI=1S/C20H23N3O2/c21-17-9-5-4-8-16(17)10-11-19(24)22-18-12-13-23(20(18)25)14-15-6-2-1-3-7-15/h1-9,18H,10-14,21H2,(H,22,24). The smallest absolute Gasteiger partial charge is 0.245 e. The van der Waals surface area contributed by atoms with E-state index in [9.17, 15) is 9.59 Å². The van der Waals surface area contributed by atoms with Crippen molar-refractivity contribution in [3.63, 3.8) is 0 Å². The summed E-state index contributed by atoms with van der Waals surface area (Å²) < 4.78 is 0. The fourth-order valence-electron chi connectivity index (χ4n) is 3.11. The summed E-state index contributed by atoms with van der Waals surface area (Å²) in [6, 6.07) is 17.0. The van der Waals surface area contributed by atoms with E-state index in [1.165, 1.54) is 0 Å². The zero-order valence-corrected chi connectivity index (χ0v) is 14.2. The van der Waals surface area contributed by atoms with E-state index >= 15 is 0 Å². The first-order valence-corrected chi connectivity index (χ1v) is 8.59. The summed E-state index contributed by atoms with van der Waals surface area (Å²) in [7, 11) is 0. The van der Waals surface area contributed by atoms with E-state index in [4.69, 9.17) is 5.73 Å². The number of aryl methyl sites for hydroxylation is 1. The Morgan fingerprint density at radius 1 is 1.12 bits per heavy atom. The maximum absolute atomic E-state index is 12.5. The maximum Gasteiger partial charge on any atom is 0.245 e. The lowest BCUT2D eigenvalue weighted by Crippen LogP contribution is -2.41. The summed E-state index contributed by atoms with van der Waals surface area (Å²) in [4.78, 5) is 26.4. The molecule has 5 nitrogen and oxygen atoms in total. The summed E-state index contributed by atoms with van der Waals surface area (Å²) in [6.07, 6.45) is 1.56. The fraction of sp³-hybridized carbons (Fsp3) is 0.300. The second kappa shape index (κ2) is 7.83. The van der Waals surface area contributed by atoms with Crippen LogP contribution in [0.4, 0.5) is 5.69 Å². The highest BCUT2D eigenvalue weighted by Crippen LogP contribution is 2.16. The minimum absolute atomic E-state index is 0.00331. The van der Waals surface area contributed by atoms with E-state index in [-0.39, 0.29) is 11.8 Å². The van der Waals surface area contributed by atoms with Crippen LogP contribution in [0.25, 0.3) is 0 Å². The molecule has 5 heteroatoms. The first-order valence-electron chi connectivity index (χ1n) is 8.59. The molecular weight excluding hydrogens is 314 g/mol. The molecule has 0 spiro atoms. The zero-order valence-electron chi connectivity index (χ0n) is 14.2. The average Bonchev–Trinajstić information content (AvgIpc) is 2.95. The van der Waals surface area contributed by atoms with E-state index in [1.54, 1.807) is 4.90 Å². The highest BCUT2D eigenvalue weighted by atomic mass is 16.2. The van der Waals surface area contributed by atoms with Gasteiger partial charge in [-0.2, -0.15) is 0 Å². The zero-order chi connectivity index (χ0) is 17.6. The molecule has 0 saturated carbocycles. The highest BCUT2D eigenvalue weighted by molar-refractivity contribution is 5.89. The molecule has 2 aromatic rings. The number of nitrogens with one attached hydrogen (secondary N) is 1. The second-order valence-electron chi connectivity index (χ2n) is 6.35. The van der Waals surface area contributed by atoms with Crippen LogP contribution in [0.5, 0.6) is 0 Å². The van der Waals surface area contributed by atoms with Gasteiger partial charge in [-0.3, -0.25) is 9.59 Å². The third kappa shape index (κ3) is 4.38. The molecule has 25 heavy (non-hydrogen) atoms. The van der Waals surface area contributed by atoms with Gasteiger partial charge in [0.1, 0.15) is 6.04 Å². The van der Waals surface area contributed by atoms with E-state index in [2.05, 4.69) is 5.32 Å². The number of hydrogen-bond acceptors (Lipinski definition) is 3. The van der Waals surface area contributed by atoms with Crippen LogP contribution in [-0.4, -0.2) is 29.3 Å². The number of benzene rings is 2. The molecule has 3 N–H and O–H groups in total. The van der Waals surface area contributed by atoms with Crippen molar-refractivity contribution in [1.82, 2.24) is 10.2 Å². The largest absolute Gasteiger partial charge is 0.399 e. The molecular formula is C20H23N3O2. The normalized spacial score (nSPS) is 16.9. The number of hydrogen-bond donors (Lipinski definition) is 2. The summed E-state index contributed by atoms with van der Waals surface area (Å²) in [5.41, 5.74) is 8.65. The van der Waals surface area contributed by atoms with Crippen LogP contribution in [0.2, 0.25) is 0 Å². The highest BCUT2D eigenvalue weighted by Gasteiger charge is 2.32. The Hall–Kier alpha value is -2.82. The SMILES string of the molecule is Nc1ccccc1CCC(=O)NC1CCN(Cc2ccccc2)C1=O. The number of para-hydroxylation sites is 1. The van der Waals surface area contributed by atoms with Crippen molar-refractivity contribution in [1.29, 1.82) is 0 Å². The van der Waals surface area contributed by atoms with Crippen LogP contribution in [0.3, 0.4) is 0 Å². The molecule has 1 fully saturated rings. The lowest BCUT2D eigenvalue weighted by Gasteiger charge is -2.17. The van der Waals surface area contributed by atoms with Gasteiger partial charge in [-0.1, -0.05) is 48.5 Å². The molecule has 2 aromatic carbocycles. The number of amides is 2. The van der Waals surface area contributed by atoms with Gasteiger partial charge in [0, 0.05) is 25.2 Å². The average molecular weight is 337 g/mol. The summed E-state index contributed by atoms with van der Waals surface area (Å²) in [5, 5.41) is 2.86. The van der Waals surface area contributed by atoms with Gasteiger partial charge < -0.3 is 16.0 Å². The molecule has 2 amide bonds. The van der Waals surface area contributed by atoms with Crippen LogP contribution < -0.4 is 11.1 Å². The number of likely N-dealkylation sites (tertiary alicyclic amines) is 1.